The van der Waals surface area contributed by atoms with Crippen molar-refractivity contribution in [1.29, 1.82) is 0 Å². The Labute approximate surface area is 648 Å². The molecule has 0 aliphatic carbocycles. The van der Waals surface area contributed by atoms with Crippen LogP contribution in [0.5, 0.6) is 5.75 Å². The number of hydrogen-bond donors (Lipinski definition) is 17. The Kier molecular flexibility index (Phi) is 44.9. The predicted octanol–water partition coefficient (Wildman–Crippen LogP) is 0.272. The summed E-state index contributed by atoms with van der Waals surface area (Å²) in [6, 6.07) is 7.41. The molecule has 618 valence electrons. The molecule has 0 saturated heterocycles. The number of phenols is 1. The van der Waals surface area contributed by atoms with Crippen LogP contribution < -0.4 is 72.5 Å². The number of rotatable bonds is 60. The molecule has 34 heteroatoms. The summed E-state index contributed by atoms with van der Waals surface area (Å²) in [5.74, 6) is -22.2. The third-order valence-electron chi connectivity index (χ3n) is 19.0. The fourth-order valence-corrected chi connectivity index (χ4v) is 12.7. The third kappa shape index (κ3) is 39.4. The summed E-state index contributed by atoms with van der Waals surface area (Å²) < 4.78 is 0. The Hall–Kier alpha value is -10.1. The van der Waals surface area contributed by atoms with Gasteiger partial charge in [0, 0.05) is 94.0 Å². The van der Waals surface area contributed by atoms with E-state index in [0.29, 0.717) is 24.0 Å². The number of aliphatic hydroxyl groups excluding tert-OH is 2. The number of aliphatic hydroxyl groups is 2. The molecule has 2 aromatic rings. The van der Waals surface area contributed by atoms with Gasteiger partial charge in [-0.05, 0) is 132 Å². The van der Waals surface area contributed by atoms with E-state index in [2.05, 4.69) is 36.6 Å². The van der Waals surface area contributed by atoms with Gasteiger partial charge in [-0.3, -0.25) is 81.9 Å². The maximum atomic E-state index is 15.1. The van der Waals surface area contributed by atoms with E-state index in [-0.39, 0.29) is 113 Å². The number of Topliss-reactive ketones (excluding diaryl/α,β-unsaturated/α-hetero) is 6. The molecule has 34 nitrogen and oxygen atoms in total. The number of carboxylic acid groups (broad SMARTS) is 1. The molecular weight excluding hydrogens is 1440 g/mol. The minimum Gasteiger partial charge on any atom is -0.508 e. The van der Waals surface area contributed by atoms with Gasteiger partial charge >= 0.3 is 5.97 Å². The molecule has 0 heterocycles. The summed E-state index contributed by atoms with van der Waals surface area (Å²) in [5.41, 5.74) is 45.9. The second-order valence-corrected chi connectivity index (χ2v) is 29.6. The summed E-state index contributed by atoms with van der Waals surface area (Å²) in [5, 5.41) is 53.7. The SMILES string of the molecule is CC(C)C[C@H](CC(=O)[C@H](CC(C)C)NC(=O)[C@H](CCCCN)CC(=O)[C@H](CCCN=C(N)N)NC(=O)[C@@H](CC(=O)[C@H](CCC(N)=O)NC(=O)[C@H](CCC(N)=O)CC(=O)[C@H](CCCCN=C(N)N)NC(=O)[C@@H](CC(=O)[C@@H](C)CC(=O)O)[C@@H](C)O)Cc1ccc(O)cc1)C(=O)N[C@@H](Cc1ccccc1)C(=O)C[C@@H](CO)C(N)=O. The number of carbonyl (C=O) groups excluding carboxylic acids is 14. The number of aliphatic imine (C=N–C) groups is 2. The van der Waals surface area contributed by atoms with Gasteiger partial charge in [-0.1, -0.05) is 83.5 Å². The van der Waals surface area contributed by atoms with Gasteiger partial charge in [-0.15, -0.1) is 0 Å². The highest BCUT2D eigenvalue weighted by Gasteiger charge is 2.39. The van der Waals surface area contributed by atoms with Crippen molar-refractivity contribution >= 4 is 99.8 Å². The number of benzene rings is 2. The highest BCUT2D eigenvalue weighted by atomic mass is 16.4. The average molecular weight is 1560 g/mol. The monoisotopic (exact) mass is 1560 g/mol. The standard InChI is InChI=1S/C77H121N15O19/c1-43(2)31-51(73(109)92-60(35-47-15-8-7-9-16-47)66(101)40-53(42-93)70(81)106)38-65(100)59(32-44(3)4)91-71(107)49(17-10-12-28-78)36-62(97)57(19-14-30-87-77(84)85)88-74(110)52(34-48-20-23-54(95)24-21-48)39-64(99)58(25-27-68(80)103)89-72(108)50(22-26-67(79)102)37-63(98)56(18-11-13-29-86-76(82)83)90-75(111)55(46(6)94)41-61(96)45(5)33-69(104)105/h7-9,15-16,20-21,23-24,43-46,49-53,55-60,93-95H,10-14,17-19,22,25-42,78H2,1-6H3,(H2,79,102)(H2,80,103)(H2,81,106)(H,88,110)(H,89,108)(H,90,111)(H,91,107)(H,92,109)(H,104,105)(H4,82,83,86)(H4,84,85,87)/t45-,46+,49+,50+,51+,52+,53-,55-,56-,57-,58-,59-,60-/m0/s1. The summed E-state index contributed by atoms with van der Waals surface area (Å²) in [6.45, 7) is 9.43. The zero-order valence-electron chi connectivity index (χ0n) is 64.9. The topological polar surface area (TPSA) is 630 Å². The zero-order valence-corrected chi connectivity index (χ0v) is 64.9. The maximum absolute atomic E-state index is 15.1. The van der Waals surface area contributed by atoms with E-state index >= 15 is 9.59 Å². The van der Waals surface area contributed by atoms with Crippen molar-refractivity contribution in [2.24, 2.45) is 109 Å². The summed E-state index contributed by atoms with van der Waals surface area (Å²) in [4.78, 5) is 215. The molecule has 0 unspecified atom stereocenters. The number of nitrogens with zero attached hydrogens (tertiary/aromatic N) is 2. The summed E-state index contributed by atoms with van der Waals surface area (Å²) in [7, 11) is 0. The van der Waals surface area contributed by atoms with Gasteiger partial charge in [0.1, 0.15) is 11.5 Å². The maximum Gasteiger partial charge on any atom is 0.304 e. The second kappa shape index (κ2) is 51.4. The number of amides is 8. The van der Waals surface area contributed by atoms with Crippen molar-refractivity contribution in [3.05, 3.63) is 65.7 Å². The van der Waals surface area contributed by atoms with Gasteiger partial charge in [0.15, 0.2) is 40.8 Å². The van der Waals surface area contributed by atoms with Crippen LogP contribution in [0.4, 0.5) is 0 Å². The number of guanidine groups is 2. The van der Waals surface area contributed by atoms with Gasteiger partial charge in [0.25, 0.3) is 0 Å². The van der Waals surface area contributed by atoms with Gasteiger partial charge in [0.2, 0.25) is 47.3 Å². The van der Waals surface area contributed by atoms with E-state index in [9.17, 15) is 82.8 Å². The van der Waals surface area contributed by atoms with E-state index in [1.807, 2.05) is 27.7 Å². The normalized spacial score (nSPS) is 14.8. The number of phenolic OH excluding ortho intramolecular Hbond substituents is 1. The molecule has 111 heavy (non-hydrogen) atoms. The van der Waals surface area contributed by atoms with Crippen molar-refractivity contribution in [3.8, 4) is 5.75 Å². The highest BCUT2D eigenvalue weighted by molar-refractivity contribution is 6.00. The van der Waals surface area contributed by atoms with E-state index in [4.69, 9.17) is 45.9 Å². The molecule has 0 saturated carbocycles. The van der Waals surface area contributed by atoms with Crippen molar-refractivity contribution < 1.29 is 92.3 Å². The Morgan fingerprint density at radius 3 is 1.34 bits per heavy atom. The summed E-state index contributed by atoms with van der Waals surface area (Å²) in [6.07, 6.45) is -6.30. The van der Waals surface area contributed by atoms with Gasteiger partial charge in [0.05, 0.1) is 61.2 Å². The Morgan fingerprint density at radius 1 is 0.414 bits per heavy atom. The Morgan fingerprint density at radius 2 is 0.838 bits per heavy atom. The minimum atomic E-state index is -1.64. The number of nitrogens with one attached hydrogen (secondary N) is 5. The number of nitrogens with two attached hydrogens (primary N) is 8. The average Bonchev–Trinajstić information content (AvgIpc) is 0.856. The van der Waals surface area contributed by atoms with Crippen molar-refractivity contribution in [2.45, 2.75) is 226 Å². The number of carbonyl (C=O) groups is 15. The van der Waals surface area contributed by atoms with E-state index < -0.39 is 243 Å². The lowest BCUT2D eigenvalue weighted by atomic mass is 9.86. The number of hydrogen-bond acceptors (Lipinski definition) is 21. The van der Waals surface area contributed by atoms with Crippen LogP contribution in [0, 0.1) is 53.3 Å². The number of aromatic hydroxyl groups is 1. The number of unbranched alkanes of at least 4 members (excludes halogenated alkanes) is 2. The molecular formula is C77H121N15O19. The Bertz CT molecular complexity index is 3470. The van der Waals surface area contributed by atoms with Crippen LogP contribution in [0.25, 0.3) is 0 Å². The molecule has 8 amide bonds. The van der Waals surface area contributed by atoms with Gasteiger partial charge < -0.3 is 92.9 Å². The molecule has 0 aliphatic rings. The lowest BCUT2D eigenvalue weighted by Gasteiger charge is -2.28. The first-order valence-corrected chi connectivity index (χ1v) is 37.9. The van der Waals surface area contributed by atoms with Crippen LogP contribution in [0.15, 0.2) is 64.6 Å². The molecule has 25 N–H and O–H groups in total. The van der Waals surface area contributed by atoms with E-state index in [1.54, 1.807) is 30.3 Å². The van der Waals surface area contributed by atoms with Crippen LogP contribution in [-0.4, -0.2) is 183 Å². The molecule has 0 aliphatic heterocycles. The first-order valence-electron chi connectivity index (χ1n) is 37.9. The lowest BCUT2D eigenvalue weighted by molar-refractivity contribution is -0.141. The molecule has 2 aromatic carbocycles. The van der Waals surface area contributed by atoms with Crippen LogP contribution in [0.2, 0.25) is 0 Å². The summed E-state index contributed by atoms with van der Waals surface area (Å²) >= 11 is 0. The first kappa shape index (κ1) is 97.0. The smallest absolute Gasteiger partial charge is 0.304 e. The van der Waals surface area contributed by atoms with Gasteiger partial charge in [-0.25, -0.2) is 0 Å². The van der Waals surface area contributed by atoms with E-state index in [0.717, 1.165) is 0 Å². The fourth-order valence-electron chi connectivity index (χ4n) is 12.7. The van der Waals surface area contributed by atoms with Crippen molar-refractivity contribution in [1.82, 2.24) is 26.6 Å². The number of primary amides is 3. The Balaban J connectivity index is 2.72. The third-order valence-corrected chi connectivity index (χ3v) is 19.0. The van der Waals surface area contributed by atoms with Crippen LogP contribution >= 0.6 is 0 Å². The van der Waals surface area contributed by atoms with Crippen LogP contribution in [-0.2, 0) is 84.8 Å². The van der Waals surface area contributed by atoms with Gasteiger partial charge in [-0.2, -0.15) is 0 Å². The van der Waals surface area contributed by atoms with Crippen LogP contribution in [0.3, 0.4) is 0 Å². The number of aliphatic carboxylic acids is 1. The molecule has 0 spiro atoms. The molecule has 13 atom stereocenters. The van der Waals surface area contributed by atoms with E-state index in [1.165, 1.54) is 38.1 Å². The fraction of sp³-hybridized carbons (Fsp3) is 0.623. The first-order chi connectivity index (χ1) is 52.2. The highest BCUT2D eigenvalue weighted by Crippen LogP contribution is 2.26. The zero-order chi connectivity index (χ0) is 83.6. The molecule has 0 radical (unpaired) electrons. The minimum absolute atomic E-state index is 0.00589. The molecule has 0 aromatic heterocycles. The van der Waals surface area contributed by atoms with Crippen molar-refractivity contribution in [2.75, 3.05) is 26.2 Å². The largest absolute Gasteiger partial charge is 0.508 e. The number of carboxylic acids is 1. The molecule has 0 fully saturated rings. The molecule has 2 rings (SSSR count). The van der Waals surface area contributed by atoms with Crippen molar-refractivity contribution in [3.63, 3.8) is 0 Å². The number of ketones is 6. The van der Waals surface area contributed by atoms with Crippen LogP contribution in [0.1, 0.15) is 188 Å². The quantitative estimate of drug-likeness (QED) is 0.0240. The predicted molar refractivity (Wildman–Crippen MR) is 413 cm³/mol. The lowest BCUT2D eigenvalue weighted by Crippen LogP contribution is -2.50. The second-order valence-electron chi connectivity index (χ2n) is 29.6. The molecule has 0 bridgehead atoms.